The van der Waals surface area contributed by atoms with Crippen LogP contribution in [0.15, 0.2) is 30.3 Å². The third-order valence-electron chi connectivity index (χ3n) is 3.80. The van der Waals surface area contributed by atoms with Crippen molar-refractivity contribution in [3.05, 3.63) is 36.0 Å². The summed E-state index contributed by atoms with van der Waals surface area (Å²) in [7, 11) is 0. The van der Waals surface area contributed by atoms with Crippen LogP contribution in [0.2, 0.25) is 0 Å². The number of amides is 1. The van der Waals surface area contributed by atoms with Crippen molar-refractivity contribution in [2.45, 2.75) is 6.42 Å². The Balaban J connectivity index is 1.92. The number of rotatable bonds is 2. The molecule has 0 saturated carbocycles. The Morgan fingerprint density at radius 2 is 2.25 bits per heavy atom. The van der Waals surface area contributed by atoms with Gasteiger partial charge >= 0.3 is 0 Å². The lowest BCUT2D eigenvalue weighted by Crippen LogP contribution is -2.30. The van der Waals surface area contributed by atoms with Crippen molar-refractivity contribution in [3.63, 3.8) is 0 Å². The molecule has 2 aromatic rings. The van der Waals surface area contributed by atoms with Gasteiger partial charge in [0.1, 0.15) is 5.69 Å². The lowest BCUT2D eigenvalue weighted by molar-refractivity contribution is 0.0776. The van der Waals surface area contributed by atoms with Gasteiger partial charge in [-0.2, -0.15) is 0 Å². The van der Waals surface area contributed by atoms with Gasteiger partial charge in [0.15, 0.2) is 0 Å². The molecule has 0 bridgehead atoms. The van der Waals surface area contributed by atoms with Crippen LogP contribution in [-0.4, -0.2) is 40.6 Å². The first-order valence-corrected chi connectivity index (χ1v) is 6.74. The molecule has 1 aliphatic rings. The van der Waals surface area contributed by atoms with Crippen LogP contribution in [0.25, 0.3) is 10.9 Å². The molecule has 5 nitrogen and oxygen atoms in total. The number of benzene rings is 1. The molecule has 5 heteroatoms. The second-order valence-electron chi connectivity index (χ2n) is 5.20. The first-order chi connectivity index (χ1) is 9.69. The third-order valence-corrected chi connectivity index (χ3v) is 3.80. The number of likely N-dealkylation sites (tertiary alicyclic amines) is 1. The van der Waals surface area contributed by atoms with Gasteiger partial charge in [0.25, 0.3) is 5.91 Å². The number of para-hydroxylation sites is 1. The molecule has 0 radical (unpaired) electrons. The summed E-state index contributed by atoms with van der Waals surface area (Å²) in [5.41, 5.74) is 7.67. The average Bonchev–Trinajstić information content (AvgIpc) is 2.95. The van der Waals surface area contributed by atoms with E-state index in [0.717, 1.165) is 17.3 Å². The Hall–Kier alpha value is -2.14. The summed E-state index contributed by atoms with van der Waals surface area (Å²) in [4.78, 5) is 18.6. The van der Waals surface area contributed by atoms with Crippen LogP contribution in [0.3, 0.4) is 0 Å². The van der Waals surface area contributed by atoms with E-state index in [2.05, 4.69) is 4.98 Å². The lowest BCUT2D eigenvalue weighted by atomic mass is 10.1. The molecule has 1 saturated heterocycles. The molecule has 104 valence electrons. The minimum absolute atomic E-state index is 0.113. The molecule has 2 heterocycles. The van der Waals surface area contributed by atoms with Gasteiger partial charge in [-0.25, -0.2) is 4.98 Å². The fourth-order valence-electron chi connectivity index (χ4n) is 2.64. The number of anilines is 1. The van der Waals surface area contributed by atoms with Gasteiger partial charge in [-0.3, -0.25) is 4.79 Å². The van der Waals surface area contributed by atoms with E-state index in [1.54, 1.807) is 11.0 Å². The molecule has 1 atom stereocenters. The van der Waals surface area contributed by atoms with Gasteiger partial charge in [-0.05, 0) is 18.6 Å². The predicted molar refractivity (Wildman–Crippen MR) is 77.3 cm³/mol. The molecule has 0 aliphatic carbocycles. The van der Waals surface area contributed by atoms with Gasteiger partial charge in [0.2, 0.25) is 0 Å². The van der Waals surface area contributed by atoms with Crippen molar-refractivity contribution >= 4 is 22.5 Å². The largest absolute Gasteiger partial charge is 0.398 e. The zero-order chi connectivity index (χ0) is 14.1. The highest BCUT2D eigenvalue weighted by Crippen LogP contribution is 2.23. The molecule has 1 amide bonds. The van der Waals surface area contributed by atoms with Crippen molar-refractivity contribution in [1.82, 2.24) is 9.88 Å². The van der Waals surface area contributed by atoms with E-state index >= 15 is 0 Å². The highest BCUT2D eigenvalue weighted by atomic mass is 16.3. The molecular weight excluding hydrogens is 254 g/mol. The molecule has 0 spiro atoms. The van der Waals surface area contributed by atoms with E-state index in [-0.39, 0.29) is 18.4 Å². The quantitative estimate of drug-likeness (QED) is 0.862. The summed E-state index contributed by atoms with van der Waals surface area (Å²) in [5, 5.41) is 10.0. The summed E-state index contributed by atoms with van der Waals surface area (Å²) < 4.78 is 0. The number of aromatic nitrogens is 1. The molecular formula is C15H17N3O2. The molecule has 20 heavy (non-hydrogen) atoms. The molecule has 3 rings (SSSR count). The summed E-state index contributed by atoms with van der Waals surface area (Å²) >= 11 is 0. The van der Waals surface area contributed by atoms with Gasteiger partial charge in [0, 0.05) is 36.7 Å². The van der Waals surface area contributed by atoms with Crippen molar-refractivity contribution < 1.29 is 9.90 Å². The SMILES string of the molecule is Nc1cc(C(=O)N2CCC(CO)C2)nc2ccccc12. The Bertz CT molecular complexity index is 657. The summed E-state index contributed by atoms with van der Waals surface area (Å²) in [5.74, 6) is 0.0650. The van der Waals surface area contributed by atoms with Crippen LogP contribution in [0.1, 0.15) is 16.9 Å². The first kappa shape index (κ1) is 12.9. The third kappa shape index (κ3) is 2.20. The zero-order valence-corrected chi connectivity index (χ0v) is 11.1. The molecule has 1 aliphatic heterocycles. The van der Waals surface area contributed by atoms with Crippen molar-refractivity contribution in [3.8, 4) is 0 Å². The number of fused-ring (bicyclic) bond motifs is 1. The van der Waals surface area contributed by atoms with Gasteiger partial charge < -0.3 is 15.7 Å². The monoisotopic (exact) mass is 271 g/mol. The number of nitrogen functional groups attached to an aromatic ring is 1. The van der Waals surface area contributed by atoms with E-state index in [4.69, 9.17) is 10.8 Å². The number of aliphatic hydroxyl groups excluding tert-OH is 1. The van der Waals surface area contributed by atoms with Crippen LogP contribution < -0.4 is 5.73 Å². The number of hydrogen-bond acceptors (Lipinski definition) is 4. The van der Waals surface area contributed by atoms with E-state index in [0.29, 0.717) is 24.5 Å². The maximum Gasteiger partial charge on any atom is 0.272 e. The van der Waals surface area contributed by atoms with Crippen LogP contribution in [-0.2, 0) is 0 Å². The summed E-state index contributed by atoms with van der Waals surface area (Å²) in [6.07, 6.45) is 0.839. The predicted octanol–water partition coefficient (Wildman–Crippen LogP) is 1.27. The Kier molecular flexibility index (Phi) is 3.28. The molecule has 1 fully saturated rings. The Labute approximate surface area is 117 Å². The van der Waals surface area contributed by atoms with Crippen molar-refractivity contribution in [2.75, 3.05) is 25.4 Å². The number of hydrogen-bond donors (Lipinski definition) is 2. The second-order valence-corrected chi connectivity index (χ2v) is 5.20. The molecule has 1 aromatic heterocycles. The van der Waals surface area contributed by atoms with E-state index in [1.807, 2.05) is 24.3 Å². The van der Waals surface area contributed by atoms with Crippen molar-refractivity contribution in [2.24, 2.45) is 5.92 Å². The van der Waals surface area contributed by atoms with Gasteiger partial charge in [-0.1, -0.05) is 18.2 Å². The Morgan fingerprint density at radius 1 is 1.45 bits per heavy atom. The average molecular weight is 271 g/mol. The van der Waals surface area contributed by atoms with E-state index in [9.17, 15) is 4.79 Å². The fourth-order valence-corrected chi connectivity index (χ4v) is 2.64. The minimum Gasteiger partial charge on any atom is -0.398 e. The number of carbonyl (C=O) groups is 1. The van der Waals surface area contributed by atoms with Gasteiger partial charge in [-0.15, -0.1) is 0 Å². The highest BCUT2D eigenvalue weighted by molar-refractivity contribution is 5.99. The number of carbonyl (C=O) groups excluding carboxylic acids is 1. The van der Waals surface area contributed by atoms with Crippen LogP contribution in [0.4, 0.5) is 5.69 Å². The van der Waals surface area contributed by atoms with E-state index < -0.39 is 0 Å². The van der Waals surface area contributed by atoms with Crippen LogP contribution in [0.5, 0.6) is 0 Å². The fraction of sp³-hybridized carbons (Fsp3) is 0.333. The highest BCUT2D eigenvalue weighted by Gasteiger charge is 2.27. The van der Waals surface area contributed by atoms with Crippen LogP contribution >= 0.6 is 0 Å². The zero-order valence-electron chi connectivity index (χ0n) is 11.1. The maximum absolute atomic E-state index is 12.4. The van der Waals surface area contributed by atoms with Crippen LogP contribution in [0, 0.1) is 5.92 Å². The number of nitrogens with zero attached hydrogens (tertiary/aromatic N) is 2. The molecule has 3 N–H and O–H groups in total. The Morgan fingerprint density at radius 3 is 3.00 bits per heavy atom. The minimum atomic E-state index is -0.113. The maximum atomic E-state index is 12.4. The lowest BCUT2D eigenvalue weighted by Gasteiger charge is -2.16. The van der Waals surface area contributed by atoms with E-state index in [1.165, 1.54) is 0 Å². The van der Waals surface area contributed by atoms with Crippen molar-refractivity contribution in [1.29, 1.82) is 0 Å². The number of aliphatic hydroxyl groups is 1. The topological polar surface area (TPSA) is 79.5 Å². The standard InChI is InChI=1S/C15H17N3O2/c16-12-7-14(17-13-4-2-1-3-11(12)13)15(20)18-6-5-10(8-18)9-19/h1-4,7,10,19H,5-6,8-9H2,(H2,16,17). The summed E-state index contributed by atoms with van der Waals surface area (Å²) in [6, 6.07) is 9.15. The first-order valence-electron chi connectivity index (χ1n) is 6.74. The summed E-state index contributed by atoms with van der Waals surface area (Å²) in [6.45, 7) is 1.37. The van der Waals surface area contributed by atoms with Gasteiger partial charge in [0.05, 0.1) is 5.52 Å². The second kappa shape index (κ2) is 5.09. The normalized spacial score (nSPS) is 18.6. The molecule has 1 unspecified atom stereocenters. The molecule has 1 aromatic carbocycles. The smallest absolute Gasteiger partial charge is 0.272 e. The number of nitrogens with two attached hydrogens (primary N) is 1. The number of pyridine rings is 1.